The lowest BCUT2D eigenvalue weighted by atomic mass is 10.1. The van der Waals surface area contributed by atoms with Crippen LogP contribution >= 0.6 is 22.6 Å². The first-order valence-corrected chi connectivity index (χ1v) is 8.31. The maximum Gasteiger partial charge on any atom is 0.363 e. The van der Waals surface area contributed by atoms with Crippen LogP contribution in [0, 0.1) is 13.7 Å². The molecule has 0 aromatic heterocycles. The summed E-state index contributed by atoms with van der Waals surface area (Å²) in [6, 6.07) is 13.8. The summed E-state index contributed by atoms with van der Waals surface area (Å²) in [6.45, 7) is 0. The topological polar surface area (TPSA) is 81.8 Å². The number of halogens is 1. The number of benzene rings is 2. The maximum absolute atomic E-state index is 11.9. The average molecular weight is 446 g/mol. The largest absolute Gasteiger partial charge is 0.402 e. The Morgan fingerprint density at radius 2 is 1.84 bits per heavy atom. The number of rotatable bonds is 4. The van der Waals surface area contributed by atoms with E-state index < -0.39 is 10.9 Å². The summed E-state index contributed by atoms with van der Waals surface area (Å²) in [5.74, 6) is -0.312. The van der Waals surface area contributed by atoms with Gasteiger partial charge in [-0.05, 0) is 65.1 Å². The predicted molar refractivity (Wildman–Crippen MR) is 102 cm³/mol. The lowest BCUT2D eigenvalue weighted by molar-refractivity contribution is -0.385. The van der Waals surface area contributed by atoms with Crippen molar-refractivity contribution < 1.29 is 14.5 Å². The van der Waals surface area contributed by atoms with Crippen LogP contribution in [-0.2, 0) is 9.53 Å². The Kier molecular flexibility index (Phi) is 5.03. The summed E-state index contributed by atoms with van der Waals surface area (Å²) in [5.41, 5.74) is 1.29. The molecule has 1 aliphatic rings. The smallest absolute Gasteiger partial charge is 0.363 e. The van der Waals surface area contributed by atoms with Gasteiger partial charge < -0.3 is 4.74 Å². The van der Waals surface area contributed by atoms with Gasteiger partial charge in [-0.2, -0.15) is 0 Å². The van der Waals surface area contributed by atoms with Gasteiger partial charge in [0.05, 0.1) is 10.5 Å². The number of carbonyl (C=O) groups excluding carboxylic acids is 1. The fraction of sp³-hybridized carbons (Fsp3) is 0. The van der Waals surface area contributed by atoms with Crippen molar-refractivity contribution in [3.05, 3.63) is 91.2 Å². The van der Waals surface area contributed by atoms with E-state index in [2.05, 4.69) is 27.6 Å². The van der Waals surface area contributed by atoms with Crippen molar-refractivity contribution in [1.29, 1.82) is 0 Å². The van der Waals surface area contributed by atoms with Crippen molar-refractivity contribution in [2.24, 2.45) is 4.99 Å². The molecule has 0 N–H and O–H groups in total. The molecule has 0 fully saturated rings. The summed E-state index contributed by atoms with van der Waals surface area (Å²) in [7, 11) is 0. The molecule has 0 saturated carbocycles. The predicted octanol–water partition coefficient (Wildman–Crippen LogP) is 4.10. The van der Waals surface area contributed by atoms with Gasteiger partial charge in [-0.1, -0.05) is 18.2 Å². The molecule has 3 rings (SSSR count). The van der Waals surface area contributed by atoms with Crippen LogP contribution in [0.2, 0.25) is 0 Å². The van der Waals surface area contributed by atoms with Gasteiger partial charge in [0, 0.05) is 15.2 Å². The lowest BCUT2D eigenvalue weighted by Crippen LogP contribution is -2.05. The molecular weight excluding hydrogens is 435 g/mol. The Bertz CT molecular complexity index is 930. The van der Waals surface area contributed by atoms with E-state index in [0.717, 1.165) is 3.57 Å². The van der Waals surface area contributed by atoms with Gasteiger partial charge in [0.2, 0.25) is 5.90 Å². The van der Waals surface area contributed by atoms with Crippen molar-refractivity contribution >= 4 is 46.2 Å². The molecule has 25 heavy (non-hydrogen) atoms. The molecule has 0 aliphatic carbocycles. The molecule has 0 saturated heterocycles. The summed E-state index contributed by atoms with van der Waals surface area (Å²) in [5, 5.41) is 11.0. The standard InChI is InChI=1S/C18H11IN2O4/c19-14-10-8-13(9-11-14)17-20-15(18(22)25-17)6-3-5-12-4-1-2-7-16(12)21(23)24/h1-11H/b5-3+,15-6-. The number of hydrogen-bond acceptors (Lipinski definition) is 5. The van der Waals surface area contributed by atoms with E-state index in [9.17, 15) is 14.9 Å². The molecule has 7 heteroatoms. The zero-order valence-corrected chi connectivity index (χ0v) is 14.9. The van der Waals surface area contributed by atoms with Crippen molar-refractivity contribution in [1.82, 2.24) is 0 Å². The molecule has 2 aromatic carbocycles. The molecule has 6 nitrogen and oxygen atoms in total. The zero-order chi connectivity index (χ0) is 17.8. The van der Waals surface area contributed by atoms with Gasteiger partial charge in [0.15, 0.2) is 5.70 Å². The summed E-state index contributed by atoms with van der Waals surface area (Å²) in [6.07, 6.45) is 4.56. The van der Waals surface area contributed by atoms with Crippen molar-refractivity contribution in [3.8, 4) is 0 Å². The third-order valence-electron chi connectivity index (χ3n) is 3.38. The van der Waals surface area contributed by atoms with Crippen LogP contribution in [0.15, 0.2) is 71.4 Å². The van der Waals surface area contributed by atoms with Crippen molar-refractivity contribution in [2.75, 3.05) is 0 Å². The van der Waals surface area contributed by atoms with Gasteiger partial charge in [-0.3, -0.25) is 10.1 Å². The van der Waals surface area contributed by atoms with E-state index in [-0.39, 0.29) is 17.3 Å². The van der Waals surface area contributed by atoms with Gasteiger partial charge >= 0.3 is 5.97 Å². The van der Waals surface area contributed by atoms with Crippen LogP contribution in [0.25, 0.3) is 6.08 Å². The van der Waals surface area contributed by atoms with Crippen LogP contribution in [0.3, 0.4) is 0 Å². The van der Waals surface area contributed by atoms with E-state index >= 15 is 0 Å². The summed E-state index contributed by atoms with van der Waals surface area (Å²) >= 11 is 2.18. The second-order valence-electron chi connectivity index (χ2n) is 5.04. The number of allylic oxidation sites excluding steroid dienone is 2. The first-order valence-electron chi connectivity index (χ1n) is 7.23. The molecular formula is C18H11IN2O4. The van der Waals surface area contributed by atoms with E-state index in [1.54, 1.807) is 30.4 Å². The van der Waals surface area contributed by atoms with Crippen molar-refractivity contribution in [3.63, 3.8) is 0 Å². The minimum atomic E-state index is -0.555. The number of cyclic esters (lactones) is 1. The molecule has 0 spiro atoms. The zero-order valence-electron chi connectivity index (χ0n) is 12.8. The quantitative estimate of drug-likeness (QED) is 0.233. The first-order chi connectivity index (χ1) is 12.0. The highest BCUT2D eigenvalue weighted by molar-refractivity contribution is 14.1. The Hall–Kier alpha value is -2.81. The SMILES string of the molecule is O=C1OC(c2ccc(I)cc2)=N/C1=C\C=C\c1ccccc1[N+](=O)[O-]. The second kappa shape index (κ2) is 7.39. The number of ether oxygens (including phenoxy) is 1. The average Bonchev–Trinajstić information content (AvgIpc) is 2.97. The highest BCUT2D eigenvalue weighted by Gasteiger charge is 2.23. The van der Waals surface area contributed by atoms with Gasteiger partial charge in [-0.15, -0.1) is 0 Å². The van der Waals surface area contributed by atoms with E-state index in [4.69, 9.17) is 4.74 Å². The van der Waals surface area contributed by atoms with Gasteiger partial charge in [0.25, 0.3) is 5.69 Å². The minimum Gasteiger partial charge on any atom is -0.402 e. The summed E-state index contributed by atoms with van der Waals surface area (Å²) < 4.78 is 6.23. The minimum absolute atomic E-state index is 0.00535. The Labute approximate surface area is 156 Å². The number of aliphatic imine (C=N–C) groups is 1. The number of para-hydroxylation sites is 1. The molecule has 1 aliphatic heterocycles. The van der Waals surface area contributed by atoms with E-state index in [0.29, 0.717) is 11.1 Å². The lowest BCUT2D eigenvalue weighted by Gasteiger charge is -1.98. The fourth-order valence-corrected chi connectivity index (χ4v) is 2.54. The van der Waals surface area contributed by atoms with E-state index in [1.807, 2.05) is 24.3 Å². The normalized spacial score (nSPS) is 15.5. The van der Waals surface area contributed by atoms with Crippen LogP contribution in [0.5, 0.6) is 0 Å². The number of esters is 1. The van der Waals surface area contributed by atoms with E-state index in [1.165, 1.54) is 12.1 Å². The van der Waals surface area contributed by atoms with Crippen LogP contribution in [0.1, 0.15) is 11.1 Å². The Morgan fingerprint density at radius 1 is 1.12 bits per heavy atom. The molecule has 0 atom stereocenters. The molecule has 0 bridgehead atoms. The summed E-state index contributed by atoms with van der Waals surface area (Å²) in [4.78, 5) is 26.6. The highest BCUT2D eigenvalue weighted by atomic mass is 127. The number of hydrogen-bond donors (Lipinski definition) is 0. The van der Waals surface area contributed by atoms with Gasteiger partial charge in [-0.25, -0.2) is 9.79 Å². The Balaban J connectivity index is 1.83. The fourth-order valence-electron chi connectivity index (χ4n) is 2.18. The van der Waals surface area contributed by atoms with Crippen LogP contribution < -0.4 is 0 Å². The molecule has 2 aromatic rings. The second-order valence-corrected chi connectivity index (χ2v) is 6.29. The highest BCUT2D eigenvalue weighted by Crippen LogP contribution is 2.20. The molecule has 0 amide bonds. The molecule has 0 radical (unpaired) electrons. The maximum atomic E-state index is 11.9. The number of nitro groups is 1. The van der Waals surface area contributed by atoms with Crippen molar-refractivity contribution in [2.45, 2.75) is 0 Å². The molecule has 0 unspecified atom stereocenters. The Morgan fingerprint density at radius 3 is 2.56 bits per heavy atom. The van der Waals surface area contributed by atoms with Crippen LogP contribution in [0.4, 0.5) is 5.69 Å². The molecule has 1 heterocycles. The first kappa shape index (κ1) is 17.0. The molecule has 124 valence electrons. The van der Waals surface area contributed by atoms with Crippen LogP contribution in [-0.4, -0.2) is 16.8 Å². The third-order valence-corrected chi connectivity index (χ3v) is 4.09. The number of nitrogens with zero attached hydrogens (tertiary/aromatic N) is 2. The van der Waals surface area contributed by atoms with Gasteiger partial charge in [0.1, 0.15) is 0 Å². The monoisotopic (exact) mass is 446 g/mol. The number of carbonyl (C=O) groups is 1. The number of nitro benzene ring substituents is 1. The third kappa shape index (κ3) is 4.00.